The largest absolute Gasteiger partial charge is 0.497 e. The van der Waals surface area contributed by atoms with Gasteiger partial charge in [0.15, 0.2) is 10.7 Å². The Morgan fingerprint density at radius 2 is 1.68 bits per heavy atom. The molecule has 1 atom stereocenters. The third-order valence-corrected chi connectivity index (χ3v) is 7.44. The van der Waals surface area contributed by atoms with Crippen molar-refractivity contribution in [3.05, 3.63) is 114 Å². The van der Waals surface area contributed by atoms with E-state index in [2.05, 4.69) is 9.82 Å². The number of ether oxygens (including phenoxy) is 1. The van der Waals surface area contributed by atoms with Crippen LogP contribution in [0.4, 0.5) is 14.5 Å². The minimum Gasteiger partial charge on any atom is -0.497 e. The molecule has 2 heterocycles. The Morgan fingerprint density at radius 3 is 2.29 bits per heavy atom. The molecule has 38 heavy (non-hydrogen) atoms. The van der Waals surface area contributed by atoms with Crippen LogP contribution in [0.3, 0.4) is 0 Å². The van der Waals surface area contributed by atoms with Crippen molar-refractivity contribution >= 4 is 27.3 Å². The summed E-state index contributed by atoms with van der Waals surface area (Å²) in [6, 6.07) is 19.0. The van der Waals surface area contributed by atoms with Crippen molar-refractivity contribution in [2.75, 3.05) is 11.8 Å². The number of hydrogen-bond donors (Lipinski definition) is 1. The van der Waals surface area contributed by atoms with Crippen LogP contribution in [0.1, 0.15) is 34.1 Å². The van der Waals surface area contributed by atoms with Crippen LogP contribution in [0.2, 0.25) is 0 Å². The first-order valence-corrected chi connectivity index (χ1v) is 12.9. The normalized spacial score (nSPS) is 15.3. The summed E-state index contributed by atoms with van der Waals surface area (Å²) in [7, 11) is -2.94. The maximum Gasteiger partial charge on any atom is 0.310 e. The molecular formula is C27H21F2N3O5S. The molecule has 194 valence electrons. The Kier molecular flexibility index (Phi) is 6.68. The molecule has 0 fully saturated rings. The molecule has 0 bridgehead atoms. The summed E-state index contributed by atoms with van der Waals surface area (Å²) < 4.78 is 65.9. The summed E-state index contributed by atoms with van der Waals surface area (Å²) in [6.07, 6.45) is 1.79. The molecule has 0 radical (unpaired) electrons. The first-order valence-electron chi connectivity index (χ1n) is 11.4. The van der Waals surface area contributed by atoms with E-state index in [0.29, 0.717) is 23.4 Å². The van der Waals surface area contributed by atoms with Crippen molar-refractivity contribution in [1.82, 2.24) is 5.01 Å². The third-order valence-electron chi connectivity index (χ3n) is 6.01. The highest BCUT2D eigenvalue weighted by Crippen LogP contribution is 2.35. The summed E-state index contributed by atoms with van der Waals surface area (Å²) in [5.74, 6) is -1.99. The van der Waals surface area contributed by atoms with Crippen LogP contribution in [0.5, 0.6) is 5.75 Å². The molecule has 1 N–H and O–H groups in total. The van der Waals surface area contributed by atoms with Crippen LogP contribution in [0.15, 0.2) is 99.5 Å². The van der Waals surface area contributed by atoms with Gasteiger partial charge in [0.25, 0.3) is 10.0 Å². The van der Waals surface area contributed by atoms with Crippen LogP contribution in [-0.2, 0) is 10.0 Å². The Labute approximate surface area is 217 Å². The van der Waals surface area contributed by atoms with Gasteiger partial charge in [0.1, 0.15) is 17.4 Å². The van der Waals surface area contributed by atoms with E-state index in [1.165, 1.54) is 23.4 Å². The third kappa shape index (κ3) is 4.88. The molecule has 1 aliphatic rings. The number of carbonyl (C=O) groups is 1. The number of furan rings is 1. The van der Waals surface area contributed by atoms with Crippen molar-refractivity contribution < 1.29 is 31.1 Å². The van der Waals surface area contributed by atoms with Gasteiger partial charge in [0.05, 0.1) is 25.1 Å². The molecule has 0 saturated heterocycles. The van der Waals surface area contributed by atoms with Gasteiger partial charge in [-0.1, -0.05) is 30.3 Å². The van der Waals surface area contributed by atoms with Gasteiger partial charge in [-0.3, -0.25) is 9.52 Å². The van der Waals surface area contributed by atoms with E-state index in [4.69, 9.17) is 9.15 Å². The zero-order chi connectivity index (χ0) is 26.9. The van der Waals surface area contributed by atoms with Gasteiger partial charge in [-0.15, -0.1) is 0 Å². The van der Waals surface area contributed by atoms with E-state index in [-0.39, 0.29) is 11.4 Å². The standard InChI is InChI=1S/C27H21F2N3O5S/c1-36-20-13-9-18(10-14-20)24-16-23(30-32(24)27(33)25-6-3-15-37-25)17-7-11-19(12-8-17)31-38(34,35)26-21(28)4-2-5-22(26)29/h2-15,24,31H,16H2,1H3. The van der Waals surface area contributed by atoms with E-state index in [1.807, 2.05) is 12.1 Å². The molecule has 1 unspecified atom stereocenters. The SMILES string of the molecule is COc1ccc(C2CC(c3ccc(NS(=O)(=O)c4c(F)cccc4F)cc3)=NN2C(=O)c2ccco2)cc1. The zero-order valence-corrected chi connectivity index (χ0v) is 20.8. The molecular weight excluding hydrogens is 516 g/mol. The van der Waals surface area contributed by atoms with Crippen LogP contribution in [-0.4, -0.2) is 32.2 Å². The number of anilines is 1. The summed E-state index contributed by atoms with van der Waals surface area (Å²) in [6.45, 7) is 0. The Bertz CT molecular complexity index is 1580. The average molecular weight is 538 g/mol. The second-order valence-corrected chi connectivity index (χ2v) is 10.0. The highest BCUT2D eigenvalue weighted by atomic mass is 32.2. The predicted molar refractivity (Wildman–Crippen MR) is 135 cm³/mol. The number of halogens is 2. The monoisotopic (exact) mass is 537 g/mol. The first kappa shape index (κ1) is 25.2. The van der Waals surface area contributed by atoms with E-state index < -0.39 is 38.5 Å². The lowest BCUT2D eigenvalue weighted by Gasteiger charge is -2.21. The van der Waals surface area contributed by atoms with Gasteiger partial charge < -0.3 is 9.15 Å². The van der Waals surface area contributed by atoms with Crippen LogP contribution in [0, 0.1) is 11.6 Å². The van der Waals surface area contributed by atoms with E-state index in [0.717, 1.165) is 23.8 Å². The summed E-state index contributed by atoms with van der Waals surface area (Å²) >= 11 is 0. The maximum absolute atomic E-state index is 14.0. The van der Waals surface area contributed by atoms with E-state index >= 15 is 0 Å². The maximum atomic E-state index is 14.0. The molecule has 1 amide bonds. The van der Waals surface area contributed by atoms with Crippen molar-refractivity contribution in [2.45, 2.75) is 17.4 Å². The highest BCUT2D eigenvalue weighted by Gasteiger charge is 2.35. The molecule has 11 heteroatoms. The highest BCUT2D eigenvalue weighted by molar-refractivity contribution is 7.92. The lowest BCUT2D eigenvalue weighted by atomic mass is 9.98. The Balaban J connectivity index is 1.41. The van der Waals surface area contributed by atoms with Crippen molar-refractivity contribution in [1.29, 1.82) is 0 Å². The number of sulfonamides is 1. The second kappa shape index (κ2) is 10.1. The number of amides is 1. The lowest BCUT2D eigenvalue weighted by Crippen LogP contribution is -2.26. The number of nitrogens with zero attached hydrogens (tertiary/aromatic N) is 2. The molecule has 1 aliphatic heterocycles. The minimum atomic E-state index is -4.51. The molecule has 5 rings (SSSR count). The molecule has 8 nitrogen and oxygen atoms in total. The predicted octanol–water partition coefficient (Wildman–Crippen LogP) is 5.36. The van der Waals surface area contributed by atoms with Gasteiger partial charge in [-0.05, 0) is 59.7 Å². The van der Waals surface area contributed by atoms with Crippen LogP contribution in [0.25, 0.3) is 0 Å². The number of rotatable bonds is 7. The van der Waals surface area contributed by atoms with Crippen molar-refractivity contribution in [3.63, 3.8) is 0 Å². The number of hydrogen-bond acceptors (Lipinski definition) is 6. The van der Waals surface area contributed by atoms with E-state index in [9.17, 15) is 22.0 Å². The van der Waals surface area contributed by atoms with Gasteiger partial charge in [-0.2, -0.15) is 5.10 Å². The molecule has 0 aliphatic carbocycles. The fourth-order valence-corrected chi connectivity index (χ4v) is 5.35. The molecule has 3 aromatic carbocycles. The lowest BCUT2D eigenvalue weighted by molar-refractivity contribution is 0.0678. The second-order valence-electron chi connectivity index (χ2n) is 8.40. The van der Waals surface area contributed by atoms with Crippen molar-refractivity contribution in [3.8, 4) is 5.75 Å². The van der Waals surface area contributed by atoms with Crippen molar-refractivity contribution in [2.24, 2.45) is 5.10 Å². The number of nitrogens with one attached hydrogen (secondary N) is 1. The number of benzene rings is 3. The van der Waals surface area contributed by atoms with Gasteiger partial charge in [-0.25, -0.2) is 22.2 Å². The Morgan fingerprint density at radius 1 is 1.00 bits per heavy atom. The summed E-state index contributed by atoms with van der Waals surface area (Å²) in [4.78, 5) is 12.1. The van der Waals surface area contributed by atoms with Gasteiger partial charge in [0.2, 0.25) is 0 Å². The number of methoxy groups -OCH3 is 1. The minimum absolute atomic E-state index is 0.102. The number of hydrazone groups is 1. The molecule has 1 aromatic heterocycles. The van der Waals surface area contributed by atoms with Gasteiger partial charge in [0, 0.05) is 12.1 Å². The fourth-order valence-electron chi connectivity index (χ4n) is 4.15. The molecule has 4 aromatic rings. The van der Waals surface area contributed by atoms with Crippen LogP contribution < -0.4 is 9.46 Å². The first-order chi connectivity index (χ1) is 18.3. The fraction of sp³-hybridized carbons (Fsp3) is 0.111. The quantitative estimate of drug-likeness (QED) is 0.342. The summed E-state index contributed by atoms with van der Waals surface area (Å²) in [5, 5.41) is 5.92. The summed E-state index contributed by atoms with van der Waals surface area (Å²) in [5.41, 5.74) is 2.16. The zero-order valence-electron chi connectivity index (χ0n) is 20.0. The van der Waals surface area contributed by atoms with Crippen LogP contribution >= 0.6 is 0 Å². The molecule has 0 spiro atoms. The smallest absolute Gasteiger partial charge is 0.310 e. The molecule has 0 saturated carbocycles. The topological polar surface area (TPSA) is 101 Å². The van der Waals surface area contributed by atoms with Gasteiger partial charge >= 0.3 is 5.91 Å². The van der Waals surface area contributed by atoms with E-state index in [1.54, 1.807) is 43.5 Å². The Hall–Kier alpha value is -4.51. The average Bonchev–Trinajstić information content (AvgIpc) is 3.59. The number of carbonyl (C=O) groups excluding carboxylic acids is 1.